The molecular formula is C14H10F3N. The third-order valence-electron chi connectivity index (χ3n) is 3.15. The monoisotopic (exact) mass is 249 g/mol. The summed E-state index contributed by atoms with van der Waals surface area (Å²) in [6.07, 6.45) is -3.81. The van der Waals surface area contributed by atoms with Crippen molar-refractivity contribution in [1.82, 2.24) is 0 Å². The summed E-state index contributed by atoms with van der Waals surface area (Å²) in [5, 5.41) is 1.79. The van der Waals surface area contributed by atoms with Gasteiger partial charge in [-0.05, 0) is 28.8 Å². The maximum Gasteiger partial charge on any atom is 0.433 e. The summed E-state index contributed by atoms with van der Waals surface area (Å²) >= 11 is 0. The van der Waals surface area contributed by atoms with Crippen LogP contribution < -0.4 is 0 Å². The van der Waals surface area contributed by atoms with E-state index in [1.54, 1.807) is 6.07 Å². The molecule has 0 saturated heterocycles. The Morgan fingerprint density at radius 3 is 2.33 bits per heavy atom. The highest BCUT2D eigenvalue weighted by Gasteiger charge is 2.38. The third kappa shape index (κ3) is 1.78. The predicted octanol–water partition coefficient (Wildman–Crippen LogP) is 3.75. The minimum atomic E-state index is -4.38. The van der Waals surface area contributed by atoms with E-state index in [9.17, 15) is 13.2 Å². The number of hydrogen-bond acceptors (Lipinski definition) is 1. The predicted molar refractivity (Wildman–Crippen MR) is 65.1 cm³/mol. The van der Waals surface area contributed by atoms with Crippen molar-refractivity contribution in [2.75, 3.05) is 6.54 Å². The molecule has 0 amide bonds. The second-order valence-corrected chi connectivity index (χ2v) is 4.33. The van der Waals surface area contributed by atoms with E-state index in [2.05, 4.69) is 4.99 Å². The number of rotatable bonds is 0. The van der Waals surface area contributed by atoms with Gasteiger partial charge in [-0.25, -0.2) is 0 Å². The first-order valence-corrected chi connectivity index (χ1v) is 5.69. The van der Waals surface area contributed by atoms with Crippen LogP contribution >= 0.6 is 0 Å². The summed E-state index contributed by atoms with van der Waals surface area (Å²) < 4.78 is 38.7. The summed E-state index contributed by atoms with van der Waals surface area (Å²) in [6, 6.07) is 10.9. The number of nitrogens with zero attached hydrogens (tertiary/aromatic N) is 1. The molecule has 2 aromatic carbocycles. The lowest BCUT2D eigenvalue weighted by Gasteiger charge is -2.19. The SMILES string of the molecule is FC(F)(F)C1=NCCc2cc3ccccc3cc21. The summed E-state index contributed by atoms with van der Waals surface area (Å²) in [4.78, 5) is 3.64. The highest BCUT2D eigenvalue weighted by molar-refractivity contribution is 6.08. The van der Waals surface area contributed by atoms with E-state index in [1.165, 1.54) is 0 Å². The summed E-state index contributed by atoms with van der Waals surface area (Å²) in [7, 11) is 0. The Hall–Kier alpha value is -1.84. The minimum absolute atomic E-state index is 0.209. The zero-order valence-electron chi connectivity index (χ0n) is 9.46. The van der Waals surface area contributed by atoms with Gasteiger partial charge in [0.05, 0.1) is 0 Å². The molecule has 0 aromatic heterocycles. The Morgan fingerprint density at radius 1 is 1.00 bits per heavy atom. The number of aliphatic imine (C=N–C) groups is 1. The molecule has 1 aliphatic heterocycles. The standard InChI is InChI=1S/C14H10F3N/c15-14(16,17)13-12-8-10-4-2-1-3-9(10)7-11(12)5-6-18-13/h1-4,7-8H,5-6H2. The van der Waals surface area contributed by atoms with E-state index >= 15 is 0 Å². The van der Waals surface area contributed by atoms with Gasteiger partial charge < -0.3 is 0 Å². The van der Waals surface area contributed by atoms with E-state index in [0.29, 0.717) is 6.42 Å². The van der Waals surface area contributed by atoms with Gasteiger partial charge in [-0.15, -0.1) is 0 Å². The molecule has 18 heavy (non-hydrogen) atoms. The van der Waals surface area contributed by atoms with Crippen molar-refractivity contribution in [3.05, 3.63) is 47.5 Å². The van der Waals surface area contributed by atoms with Crippen molar-refractivity contribution < 1.29 is 13.2 Å². The van der Waals surface area contributed by atoms with Crippen LogP contribution in [0.5, 0.6) is 0 Å². The van der Waals surface area contributed by atoms with Crippen molar-refractivity contribution in [3.8, 4) is 0 Å². The van der Waals surface area contributed by atoms with Crippen LogP contribution in [-0.2, 0) is 6.42 Å². The Bertz CT molecular complexity index is 641. The lowest BCUT2D eigenvalue weighted by atomic mass is 9.93. The van der Waals surface area contributed by atoms with Crippen LogP contribution in [0, 0.1) is 0 Å². The Morgan fingerprint density at radius 2 is 1.67 bits per heavy atom. The summed E-state index contributed by atoms with van der Waals surface area (Å²) in [5.74, 6) is 0. The number of halogens is 3. The highest BCUT2D eigenvalue weighted by atomic mass is 19.4. The first-order valence-electron chi connectivity index (χ1n) is 5.69. The zero-order chi connectivity index (χ0) is 12.8. The van der Waals surface area contributed by atoms with Gasteiger partial charge >= 0.3 is 6.18 Å². The minimum Gasteiger partial charge on any atom is -0.280 e. The van der Waals surface area contributed by atoms with Crippen molar-refractivity contribution in [2.24, 2.45) is 4.99 Å². The maximum atomic E-state index is 12.9. The van der Waals surface area contributed by atoms with E-state index in [-0.39, 0.29) is 12.1 Å². The van der Waals surface area contributed by atoms with Gasteiger partial charge in [0.25, 0.3) is 0 Å². The molecule has 4 heteroatoms. The number of alkyl halides is 3. The fraction of sp³-hybridized carbons (Fsp3) is 0.214. The second-order valence-electron chi connectivity index (χ2n) is 4.33. The van der Waals surface area contributed by atoms with Gasteiger partial charge in [0, 0.05) is 12.1 Å². The molecule has 0 N–H and O–H groups in total. The molecule has 1 heterocycles. The average Bonchev–Trinajstić information content (AvgIpc) is 2.34. The smallest absolute Gasteiger partial charge is 0.280 e. The molecule has 0 spiro atoms. The topological polar surface area (TPSA) is 12.4 Å². The molecule has 1 nitrogen and oxygen atoms in total. The molecule has 0 fully saturated rings. The van der Waals surface area contributed by atoms with Crippen LogP contribution in [0.2, 0.25) is 0 Å². The number of fused-ring (bicyclic) bond motifs is 2. The number of hydrogen-bond donors (Lipinski definition) is 0. The van der Waals surface area contributed by atoms with Crippen molar-refractivity contribution in [3.63, 3.8) is 0 Å². The van der Waals surface area contributed by atoms with Crippen LogP contribution in [0.1, 0.15) is 11.1 Å². The lowest BCUT2D eigenvalue weighted by molar-refractivity contribution is -0.0584. The molecule has 0 radical (unpaired) electrons. The molecule has 92 valence electrons. The molecular weight excluding hydrogens is 239 g/mol. The maximum absolute atomic E-state index is 12.9. The first-order chi connectivity index (χ1) is 8.55. The van der Waals surface area contributed by atoms with E-state index in [0.717, 1.165) is 16.3 Å². The molecule has 2 aromatic rings. The van der Waals surface area contributed by atoms with Gasteiger partial charge in [-0.2, -0.15) is 13.2 Å². The number of benzene rings is 2. The van der Waals surface area contributed by atoms with Crippen LogP contribution in [0.3, 0.4) is 0 Å². The van der Waals surface area contributed by atoms with Crippen LogP contribution in [0.25, 0.3) is 10.8 Å². The Kier molecular flexibility index (Phi) is 2.40. The van der Waals surface area contributed by atoms with Gasteiger partial charge in [0.2, 0.25) is 0 Å². The third-order valence-corrected chi connectivity index (χ3v) is 3.15. The molecule has 0 aliphatic carbocycles. The van der Waals surface area contributed by atoms with Gasteiger partial charge in [-0.1, -0.05) is 30.3 Å². The molecule has 0 unspecified atom stereocenters. The van der Waals surface area contributed by atoms with Crippen molar-refractivity contribution >= 4 is 16.5 Å². The van der Waals surface area contributed by atoms with Crippen LogP contribution in [-0.4, -0.2) is 18.4 Å². The van der Waals surface area contributed by atoms with Crippen molar-refractivity contribution in [1.29, 1.82) is 0 Å². The van der Waals surface area contributed by atoms with Crippen LogP contribution in [0.15, 0.2) is 41.4 Å². The molecule has 0 bridgehead atoms. The highest BCUT2D eigenvalue weighted by Crippen LogP contribution is 2.30. The fourth-order valence-electron chi connectivity index (χ4n) is 2.33. The van der Waals surface area contributed by atoms with E-state index < -0.39 is 11.9 Å². The zero-order valence-corrected chi connectivity index (χ0v) is 9.46. The molecule has 0 saturated carbocycles. The lowest BCUT2D eigenvalue weighted by Crippen LogP contribution is -2.28. The Labute approximate surface area is 102 Å². The molecule has 1 aliphatic rings. The second kappa shape index (κ2) is 3.83. The van der Waals surface area contributed by atoms with Crippen molar-refractivity contribution in [2.45, 2.75) is 12.6 Å². The van der Waals surface area contributed by atoms with Crippen LogP contribution in [0.4, 0.5) is 13.2 Å². The normalized spacial score (nSPS) is 15.4. The molecule has 3 rings (SSSR count). The first kappa shape index (κ1) is 11.3. The molecule has 0 atom stereocenters. The largest absolute Gasteiger partial charge is 0.433 e. The Balaban J connectivity index is 2.25. The van der Waals surface area contributed by atoms with Gasteiger partial charge in [0.1, 0.15) is 5.71 Å². The summed E-state index contributed by atoms with van der Waals surface area (Å²) in [6.45, 7) is 0.209. The van der Waals surface area contributed by atoms with Gasteiger partial charge in [-0.3, -0.25) is 4.99 Å². The fourth-order valence-corrected chi connectivity index (χ4v) is 2.33. The van der Waals surface area contributed by atoms with Gasteiger partial charge in [0.15, 0.2) is 0 Å². The average molecular weight is 249 g/mol. The van der Waals surface area contributed by atoms with E-state index in [1.807, 2.05) is 30.3 Å². The summed E-state index contributed by atoms with van der Waals surface area (Å²) in [5.41, 5.74) is 0.220. The quantitative estimate of drug-likeness (QED) is 0.674. The van der Waals surface area contributed by atoms with E-state index in [4.69, 9.17) is 0 Å².